The lowest BCUT2D eigenvalue weighted by Crippen LogP contribution is -2.03. The van der Waals surface area contributed by atoms with Gasteiger partial charge in [-0.05, 0) is 36.8 Å². The van der Waals surface area contributed by atoms with Crippen molar-refractivity contribution >= 4 is 16.9 Å². The van der Waals surface area contributed by atoms with Crippen LogP contribution in [0.15, 0.2) is 24.3 Å². The molecular formula is C11H8FNO2. The van der Waals surface area contributed by atoms with Crippen LogP contribution in [0, 0.1) is 12.7 Å². The summed E-state index contributed by atoms with van der Waals surface area (Å²) in [4.78, 5) is 14.7. The molecule has 0 amide bonds. The Balaban J connectivity index is 2.76. The van der Waals surface area contributed by atoms with Gasteiger partial charge in [0.1, 0.15) is 5.82 Å². The summed E-state index contributed by atoms with van der Waals surface area (Å²) in [6, 6.07) is 5.68. The van der Waals surface area contributed by atoms with E-state index in [1.165, 1.54) is 18.2 Å². The Labute approximate surface area is 85.2 Å². The monoisotopic (exact) mass is 205 g/mol. The van der Waals surface area contributed by atoms with Crippen LogP contribution in [0.25, 0.3) is 10.9 Å². The SMILES string of the molecule is Cc1cc2cc(F)ccc2nc1C(=O)O. The number of fused-ring (bicyclic) bond motifs is 1. The van der Waals surface area contributed by atoms with E-state index in [4.69, 9.17) is 5.11 Å². The molecule has 76 valence electrons. The van der Waals surface area contributed by atoms with Crippen LogP contribution >= 0.6 is 0 Å². The summed E-state index contributed by atoms with van der Waals surface area (Å²) in [5.74, 6) is -1.43. The van der Waals surface area contributed by atoms with Gasteiger partial charge < -0.3 is 5.11 Å². The summed E-state index contributed by atoms with van der Waals surface area (Å²) >= 11 is 0. The standard InChI is InChI=1S/C11H8FNO2/c1-6-4-7-5-8(12)2-3-9(7)13-10(6)11(14)15/h2-5H,1H3,(H,14,15). The highest BCUT2D eigenvalue weighted by Crippen LogP contribution is 2.17. The quantitative estimate of drug-likeness (QED) is 0.777. The molecule has 1 aromatic heterocycles. The average molecular weight is 205 g/mol. The summed E-state index contributed by atoms with van der Waals surface area (Å²) in [7, 11) is 0. The average Bonchev–Trinajstić information content (AvgIpc) is 2.15. The van der Waals surface area contributed by atoms with Gasteiger partial charge in [-0.2, -0.15) is 0 Å². The minimum atomic E-state index is -1.07. The van der Waals surface area contributed by atoms with Gasteiger partial charge in [0, 0.05) is 5.39 Å². The number of pyridine rings is 1. The Morgan fingerprint density at radius 1 is 1.40 bits per heavy atom. The van der Waals surface area contributed by atoms with Crippen molar-refractivity contribution in [1.82, 2.24) is 4.98 Å². The van der Waals surface area contributed by atoms with Gasteiger partial charge in [0.15, 0.2) is 5.69 Å². The van der Waals surface area contributed by atoms with Crippen LogP contribution in [-0.2, 0) is 0 Å². The van der Waals surface area contributed by atoms with Crippen LogP contribution < -0.4 is 0 Å². The fraction of sp³-hybridized carbons (Fsp3) is 0.0909. The van der Waals surface area contributed by atoms with Crippen molar-refractivity contribution in [1.29, 1.82) is 0 Å². The Bertz CT molecular complexity index is 552. The Morgan fingerprint density at radius 2 is 2.13 bits per heavy atom. The number of hydrogen-bond acceptors (Lipinski definition) is 2. The van der Waals surface area contributed by atoms with Gasteiger partial charge in [0.05, 0.1) is 5.52 Å². The molecule has 0 saturated heterocycles. The molecule has 3 nitrogen and oxygen atoms in total. The molecular weight excluding hydrogens is 197 g/mol. The number of carbonyl (C=O) groups is 1. The van der Waals surface area contributed by atoms with Crippen LogP contribution in [0.1, 0.15) is 16.1 Å². The fourth-order valence-corrected chi connectivity index (χ4v) is 1.47. The highest BCUT2D eigenvalue weighted by Gasteiger charge is 2.10. The number of benzene rings is 1. The predicted octanol–water partition coefficient (Wildman–Crippen LogP) is 2.38. The van der Waals surface area contributed by atoms with E-state index in [0.717, 1.165) is 0 Å². The number of nitrogens with zero attached hydrogens (tertiary/aromatic N) is 1. The molecule has 0 fully saturated rings. The Hall–Kier alpha value is -1.97. The molecule has 1 N–H and O–H groups in total. The summed E-state index contributed by atoms with van der Waals surface area (Å²) in [5, 5.41) is 9.45. The first kappa shape index (κ1) is 9.58. The first-order valence-corrected chi connectivity index (χ1v) is 4.38. The van der Waals surface area contributed by atoms with E-state index >= 15 is 0 Å². The second-order valence-electron chi connectivity index (χ2n) is 3.30. The van der Waals surface area contributed by atoms with E-state index in [1.54, 1.807) is 13.0 Å². The van der Waals surface area contributed by atoms with Crippen molar-refractivity contribution < 1.29 is 14.3 Å². The third-order valence-corrected chi connectivity index (χ3v) is 2.17. The summed E-state index contributed by atoms with van der Waals surface area (Å²) in [6.07, 6.45) is 0. The maximum atomic E-state index is 12.9. The molecule has 15 heavy (non-hydrogen) atoms. The lowest BCUT2D eigenvalue weighted by atomic mass is 10.1. The molecule has 1 heterocycles. The fourth-order valence-electron chi connectivity index (χ4n) is 1.47. The molecule has 0 radical (unpaired) electrons. The summed E-state index contributed by atoms with van der Waals surface area (Å²) in [5.41, 5.74) is 1.02. The van der Waals surface area contributed by atoms with Crippen molar-refractivity contribution in [3.05, 3.63) is 41.3 Å². The number of aromatic carboxylic acids is 1. The van der Waals surface area contributed by atoms with Gasteiger partial charge in [-0.25, -0.2) is 14.2 Å². The van der Waals surface area contributed by atoms with E-state index in [2.05, 4.69) is 4.98 Å². The van der Waals surface area contributed by atoms with Gasteiger partial charge in [-0.3, -0.25) is 0 Å². The number of halogens is 1. The van der Waals surface area contributed by atoms with E-state index < -0.39 is 5.97 Å². The van der Waals surface area contributed by atoms with Crippen LogP contribution in [-0.4, -0.2) is 16.1 Å². The maximum Gasteiger partial charge on any atom is 0.354 e. The number of carboxylic acid groups (broad SMARTS) is 1. The Kier molecular flexibility index (Phi) is 2.11. The van der Waals surface area contributed by atoms with E-state index in [9.17, 15) is 9.18 Å². The smallest absolute Gasteiger partial charge is 0.354 e. The number of carboxylic acids is 1. The first-order chi connectivity index (χ1) is 7.08. The van der Waals surface area contributed by atoms with Gasteiger partial charge in [0.25, 0.3) is 0 Å². The zero-order chi connectivity index (χ0) is 11.0. The van der Waals surface area contributed by atoms with Crippen LogP contribution in [0.2, 0.25) is 0 Å². The predicted molar refractivity (Wildman–Crippen MR) is 53.4 cm³/mol. The summed E-state index contributed by atoms with van der Waals surface area (Å²) < 4.78 is 12.9. The number of aromatic nitrogens is 1. The van der Waals surface area contributed by atoms with Gasteiger partial charge >= 0.3 is 5.97 Å². The van der Waals surface area contributed by atoms with Crippen molar-refractivity contribution in [3.8, 4) is 0 Å². The van der Waals surface area contributed by atoms with Crippen LogP contribution in [0.5, 0.6) is 0 Å². The maximum absolute atomic E-state index is 12.9. The topological polar surface area (TPSA) is 50.2 Å². The minimum Gasteiger partial charge on any atom is -0.477 e. The first-order valence-electron chi connectivity index (χ1n) is 4.38. The van der Waals surface area contributed by atoms with Crippen molar-refractivity contribution in [2.24, 2.45) is 0 Å². The van der Waals surface area contributed by atoms with E-state index in [-0.39, 0.29) is 11.5 Å². The molecule has 0 spiro atoms. The lowest BCUT2D eigenvalue weighted by molar-refractivity contribution is 0.0690. The number of hydrogen-bond donors (Lipinski definition) is 1. The molecule has 4 heteroatoms. The lowest BCUT2D eigenvalue weighted by Gasteiger charge is -2.03. The molecule has 1 aromatic carbocycles. The normalized spacial score (nSPS) is 10.5. The van der Waals surface area contributed by atoms with Crippen molar-refractivity contribution in [2.45, 2.75) is 6.92 Å². The third kappa shape index (κ3) is 1.66. The molecule has 0 atom stereocenters. The number of aryl methyl sites for hydroxylation is 1. The minimum absolute atomic E-state index is 0.00843. The molecule has 2 aromatic rings. The third-order valence-electron chi connectivity index (χ3n) is 2.17. The summed E-state index contributed by atoms with van der Waals surface area (Å²) in [6.45, 7) is 1.64. The highest BCUT2D eigenvalue weighted by atomic mass is 19.1. The number of rotatable bonds is 1. The van der Waals surface area contributed by atoms with Gasteiger partial charge in [-0.15, -0.1) is 0 Å². The zero-order valence-electron chi connectivity index (χ0n) is 7.99. The van der Waals surface area contributed by atoms with Crippen molar-refractivity contribution in [2.75, 3.05) is 0 Å². The molecule has 0 aliphatic rings. The molecule has 0 bridgehead atoms. The van der Waals surface area contributed by atoms with Crippen molar-refractivity contribution in [3.63, 3.8) is 0 Å². The van der Waals surface area contributed by atoms with Crippen LogP contribution in [0.3, 0.4) is 0 Å². The van der Waals surface area contributed by atoms with Gasteiger partial charge in [0.2, 0.25) is 0 Å². The molecule has 0 saturated carbocycles. The Morgan fingerprint density at radius 3 is 2.80 bits per heavy atom. The van der Waals surface area contributed by atoms with Gasteiger partial charge in [-0.1, -0.05) is 0 Å². The second kappa shape index (κ2) is 3.31. The zero-order valence-corrected chi connectivity index (χ0v) is 7.99. The molecule has 2 rings (SSSR count). The largest absolute Gasteiger partial charge is 0.477 e. The molecule has 0 aliphatic heterocycles. The van der Waals surface area contributed by atoms with E-state index in [0.29, 0.717) is 16.5 Å². The second-order valence-corrected chi connectivity index (χ2v) is 3.30. The highest BCUT2D eigenvalue weighted by molar-refractivity contribution is 5.91. The molecule has 0 unspecified atom stereocenters. The van der Waals surface area contributed by atoms with Crippen LogP contribution in [0.4, 0.5) is 4.39 Å². The van der Waals surface area contributed by atoms with E-state index in [1.807, 2.05) is 0 Å². The molecule has 0 aliphatic carbocycles.